The van der Waals surface area contributed by atoms with E-state index >= 15 is 0 Å². The average Bonchev–Trinajstić information content (AvgIpc) is 3.24. The summed E-state index contributed by atoms with van der Waals surface area (Å²) in [5.74, 6) is -0.112. The lowest BCUT2D eigenvalue weighted by atomic mass is 10.2. The van der Waals surface area contributed by atoms with Crippen LogP contribution < -0.4 is 19.7 Å². The number of benzene rings is 3. The molecular formula is C25H25N3O5S. The number of anilines is 3. The number of hydrogen-bond donors (Lipinski definition) is 2. The first kappa shape index (κ1) is 23.3. The molecule has 9 heteroatoms. The molecule has 2 amide bonds. The number of fused-ring (bicyclic) bond motifs is 1. The molecule has 1 aliphatic rings. The van der Waals surface area contributed by atoms with Gasteiger partial charge in [-0.3, -0.25) is 13.9 Å². The minimum atomic E-state index is -3.70. The van der Waals surface area contributed by atoms with Crippen molar-refractivity contribution in [2.24, 2.45) is 0 Å². The number of carbonyl (C=O) groups is 2. The van der Waals surface area contributed by atoms with Gasteiger partial charge >= 0.3 is 0 Å². The quantitative estimate of drug-likeness (QED) is 0.537. The first-order valence-corrected chi connectivity index (χ1v) is 12.2. The lowest BCUT2D eigenvalue weighted by Gasteiger charge is -2.20. The number of nitrogens with zero attached hydrogens (tertiary/aromatic N) is 1. The van der Waals surface area contributed by atoms with E-state index in [0.29, 0.717) is 41.3 Å². The highest BCUT2D eigenvalue weighted by molar-refractivity contribution is 7.92. The molecule has 3 aromatic carbocycles. The summed E-state index contributed by atoms with van der Waals surface area (Å²) in [7, 11) is -3.70. The summed E-state index contributed by atoms with van der Waals surface area (Å²) < 4.78 is 33.5. The van der Waals surface area contributed by atoms with E-state index in [1.807, 2.05) is 24.3 Å². The van der Waals surface area contributed by atoms with E-state index < -0.39 is 10.0 Å². The lowest BCUT2D eigenvalue weighted by Crippen LogP contribution is -2.29. The van der Waals surface area contributed by atoms with Gasteiger partial charge in [0.25, 0.3) is 15.9 Å². The molecule has 8 nitrogen and oxygen atoms in total. The standard InChI is InChI=1S/C25H25N3O5S/c1-17-15-22(34(31,32)28-14-13-19-5-3-4-6-23(19)28)11-12-24(17)33-16-25(30)27-21-9-7-20(8-10-21)26-18(2)29/h3-12,15H,13-14,16H2,1-2H3,(H,26,29)(H,27,30). The SMILES string of the molecule is CC(=O)Nc1ccc(NC(=O)COc2ccc(S(=O)(=O)N3CCc4ccccc43)cc2C)cc1. The molecule has 4 rings (SSSR count). The second-order valence-electron chi connectivity index (χ2n) is 7.98. The number of hydrogen-bond acceptors (Lipinski definition) is 5. The number of aryl methyl sites for hydroxylation is 1. The van der Waals surface area contributed by atoms with E-state index in [-0.39, 0.29) is 23.3 Å². The largest absolute Gasteiger partial charge is 0.483 e. The molecule has 0 bridgehead atoms. The summed E-state index contributed by atoms with van der Waals surface area (Å²) in [5, 5.41) is 5.37. The van der Waals surface area contributed by atoms with Crippen molar-refractivity contribution in [1.29, 1.82) is 0 Å². The Morgan fingerprint density at radius 1 is 0.971 bits per heavy atom. The second kappa shape index (κ2) is 9.56. The van der Waals surface area contributed by atoms with Crippen molar-refractivity contribution in [3.05, 3.63) is 77.9 Å². The van der Waals surface area contributed by atoms with Gasteiger partial charge in [-0.2, -0.15) is 0 Å². The van der Waals surface area contributed by atoms with Crippen LogP contribution in [-0.4, -0.2) is 33.4 Å². The van der Waals surface area contributed by atoms with E-state index in [0.717, 1.165) is 5.56 Å². The highest BCUT2D eigenvalue weighted by Crippen LogP contribution is 2.33. The lowest BCUT2D eigenvalue weighted by molar-refractivity contribution is -0.118. The van der Waals surface area contributed by atoms with Gasteiger partial charge in [-0.05, 0) is 73.0 Å². The number of para-hydroxylation sites is 1. The Labute approximate surface area is 198 Å². The Kier molecular flexibility index (Phi) is 6.56. The zero-order chi connectivity index (χ0) is 24.3. The van der Waals surface area contributed by atoms with Gasteiger partial charge in [0.15, 0.2) is 6.61 Å². The van der Waals surface area contributed by atoms with Crippen LogP contribution in [0, 0.1) is 6.92 Å². The van der Waals surface area contributed by atoms with Gasteiger partial charge < -0.3 is 15.4 Å². The van der Waals surface area contributed by atoms with Crippen molar-refractivity contribution in [3.8, 4) is 5.75 Å². The van der Waals surface area contributed by atoms with Gasteiger partial charge in [-0.25, -0.2) is 8.42 Å². The normalized spacial score (nSPS) is 12.7. The molecule has 0 aromatic heterocycles. The maximum atomic E-state index is 13.2. The molecule has 3 aromatic rings. The summed E-state index contributed by atoms with van der Waals surface area (Å²) in [6.07, 6.45) is 0.681. The van der Waals surface area contributed by atoms with Crippen molar-refractivity contribution in [3.63, 3.8) is 0 Å². The molecule has 0 atom stereocenters. The van der Waals surface area contributed by atoms with Crippen LogP contribution >= 0.6 is 0 Å². The number of amides is 2. The van der Waals surface area contributed by atoms with Crippen molar-refractivity contribution in [2.75, 3.05) is 28.1 Å². The Morgan fingerprint density at radius 2 is 1.65 bits per heavy atom. The second-order valence-corrected chi connectivity index (χ2v) is 9.84. The summed E-state index contributed by atoms with van der Waals surface area (Å²) in [4.78, 5) is 23.5. The van der Waals surface area contributed by atoms with Crippen molar-refractivity contribution in [1.82, 2.24) is 0 Å². The molecule has 0 aliphatic carbocycles. The molecule has 34 heavy (non-hydrogen) atoms. The van der Waals surface area contributed by atoms with Gasteiger partial charge in [0, 0.05) is 24.8 Å². The summed E-state index contributed by atoms with van der Waals surface area (Å²) in [6, 6.07) is 18.8. The van der Waals surface area contributed by atoms with E-state index in [2.05, 4.69) is 10.6 Å². The fraction of sp³-hybridized carbons (Fsp3) is 0.200. The molecule has 2 N–H and O–H groups in total. The molecule has 0 spiro atoms. The highest BCUT2D eigenvalue weighted by Gasteiger charge is 2.30. The molecule has 0 radical (unpaired) electrons. The maximum absolute atomic E-state index is 13.2. The summed E-state index contributed by atoms with van der Waals surface area (Å²) in [5.41, 5.74) is 3.53. The number of sulfonamides is 1. The summed E-state index contributed by atoms with van der Waals surface area (Å²) >= 11 is 0. The van der Waals surface area contributed by atoms with E-state index in [1.165, 1.54) is 17.3 Å². The fourth-order valence-electron chi connectivity index (χ4n) is 3.81. The van der Waals surface area contributed by atoms with E-state index in [4.69, 9.17) is 4.74 Å². The molecule has 1 heterocycles. The summed E-state index contributed by atoms with van der Waals surface area (Å²) in [6.45, 7) is 3.33. The van der Waals surface area contributed by atoms with Gasteiger partial charge in [-0.1, -0.05) is 18.2 Å². The van der Waals surface area contributed by atoms with Crippen LogP contribution in [0.3, 0.4) is 0 Å². The van der Waals surface area contributed by atoms with Crippen molar-refractivity contribution >= 4 is 38.9 Å². The topological polar surface area (TPSA) is 105 Å². The zero-order valence-corrected chi connectivity index (χ0v) is 19.7. The van der Waals surface area contributed by atoms with Crippen LogP contribution in [-0.2, 0) is 26.0 Å². The minimum Gasteiger partial charge on any atom is -0.483 e. The van der Waals surface area contributed by atoms with Crippen molar-refractivity contribution in [2.45, 2.75) is 25.2 Å². The molecule has 176 valence electrons. The monoisotopic (exact) mass is 479 g/mol. The first-order valence-electron chi connectivity index (χ1n) is 10.8. The van der Waals surface area contributed by atoms with Crippen LogP contribution in [0.1, 0.15) is 18.1 Å². The van der Waals surface area contributed by atoms with Crippen LogP contribution in [0.25, 0.3) is 0 Å². The van der Waals surface area contributed by atoms with Crippen molar-refractivity contribution < 1.29 is 22.7 Å². The van der Waals surface area contributed by atoms with Gasteiger partial charge in [0.1, 0.15) is 5.75 Å². The molecule has 0 fully saturated rings. The number of nitrogens with one attached hydrogen (secondary N) is 2. The van der Waals surface area contributed by atoms with E-state index in [1.54, 1.807) is 43.3 Å². The Hall–Kier alpha value is -3.85. The third-order valence-corrected chi connectivity index (χ3v) is 7.24. The smallest absolute Gasteiger partial charge is 0.264 e. The highest BCUT2D eigenvalue weighted by atomic mass is 32.2. The maximum Gasteiger partial charge on any atom is 0.264 e. The Morgan fingerprint density at radius 3 is 2.32 bits per heavy atom. The minimum absolute atomic E-state index is 0.176. The number of ether oxygens (including phenoxy) is 1. The molecule has 0 saturated carbocycles. The predicted molar refractivity (Wildman–Crippen MR) is 131 cm³/mol. The molecular weight excluding hydrogens is 454 g/mol. The zero-order valence-electron chi connectivity index (χ0n) is 18.9. The van der Waals surface area contributed by atoms with Gasteiger partial charge in [0.05, 0.1) is 10.6 Å². The van der Waals surface area contributed by atoms with Gasteiger partial charge in [-0.15, -0.1) is 0 Å². The van der Waals surface area contributed by atoms with Gasteiger partial charge in [0.2, 0.25) is 5.91 Å². The Bertz CT molecular complexity index is 1340. The Balaban J connectivity index is 1.39. The predicted octanol–water partition coefficient (Wildman–Crippen LogP) is 3.72. The van der Waals surface area contributed by atoms with Crippen LogP contribution in [0.2, 0.25) is 0 Å². The first-order chi connectivity index (χ1) is 16.2. The fourth-order valence-corrected chi connectivity index (χ4v) is 5.40. The van der Waals surface area contributed by atoms with E-state index in [9.17, 15) is 18.0 Å². The molecule has 0 unspecified atom stereocenters. The number of rotatable bonds is 7. The van der Waals surface area contributed by atoms with Crippen LogP contribution in [0.15, 0.2) is 71.6 Å². The molecule has 0 saturated heterocycles. The number of carbonyl (C=O) groups excluding carboxylic acids is 2. The third-order valence-electron chi connectivity index (χ3n) is 5.43. The third kappa shape index (κ3) is 5.04. The molecule has 1 aliphatic heterocycles. The van der Waals surface area contributed by atoms with Crippen LogP contribution in [0.5, 0.6) is 5.75 Å². The average molecular weight is 480 g/mol. The van der Waals surface area contributed by atoms with Crippen LogP contribution in [0.4, 0.5) is 17.1 Å².